The van der Waals surface area contributed by atoms with Gasteiger partial charge in [0.1, 0.15) is 5.58 Å². The number of furan rings is 1. The number of aromatic nitrogens is 5. The van der Waals surface area contributed by atoms with Gasteiger partial charge in [0.25, 0.3) is 0 Å². The zero-order chi connectivity index (χ0) is 35.6. The molecule has 0 aliphatic carbocycles. The summed E-state index contributed by atoms with van der Waals surface area (Å²) in [4.78, 5) is 19.7. The number of benzene rings is 7. The predicted octanol–water partition coefficient (Wildman–Crippen LogP) is 12.1. The van der Waals surface area contributed by atoms with Gasteiger partial charge in [-0.05, 0) is 64.4 Å². The first-order valence-electron chi connectivity index (χ1n) is 18.0. The van der Waals surface area contributed by atoms with Crippen LogP contribution in [0.4, 0.5) is 0 Å². The van der Waals surface area contributed by atoms with E-state index < -0.39 is 0 Å². The highest BCUT2D eigenvalue weighted by atomic mass is 16.3. The summed E-state index contributed by atoms with van der Waals surface area (Å²) in [5.41, 5.74) is 9.44. The predicted molar refractivity (Wildman–Crippen MR) is 218 cm³/mol. The minimum atomic E-state index is 0.456. The minimum absolute atomic E-state index is 0.456. The van der Waals surface area contributed by atoms with Crippen LogP contribution in [-0.4, -0.2) is 24.5 Å². The second kappa shape index (κ2) is 12.1. The number of hydrogen-bond acceptors (Lipinski definition) is 5. The molecule has 54 heavy (non-hydrogen) atoms. The van der Waals surface area contributed by atoms with Crippen LogP contribution < -0.4 is 0 Å². The second-order valence-corrected chi connectivity index (χ2v) is 13.5. The van der Waals surface area contributed by atoms with Crippen LogP contribution in [0.5, 0.6) is 0 Å². The molecule has 0 bridgehead atoms. The first-order chi connectivity index (χ1) is 26.8. The monoisotopic (exact) mass is 691 g/mol. The van der Waals surface area contributed by atoms with E-state index in [-0.39, 0.29) is 0 Å². The van der Waals surface area contributed by atoms with Gasteiger partial charge in [-0.3, -0.25) is 0 Å². The Labute approximate surface area is 309 Å². The highest BCUT2D eigenvalue weighted by Crippen LogP contribution is 2.38. The molecule has 0 saturated carbocycles. The fourth-order valence-electron chi connectivity index (χ4n) is 7.80. The molecule has 0 N–H and O–H groups in total. The van der Waals surface area contributed by atoms with E-state index in [0.29, 0.717) is 28.8 Å². The van der Waals surface area contributed by atoms with Gasteiger partial charge in [0.15, 0.2) is 28.8 Å². The van der Waals surface area contributed by atoms with E-state index in [1.807, 2.05) is 60.7 Å². The quantitative estimate of drug-likeness (QED) is 0.180. The Morgan fingerprint density at radius 2 is 1.11 bits per heavy atom. The van der Waals surface area contributed by atoms with Crippen molar-refractivity contribution < 1.29 is 4.42 Å². The van der Waals surface area contributed by atoms with E-state index >= 15 is 0 Å². The molecule has 0 radical (unpaired) electrons. The van der Waals surface area contributed by atoms with Gasteiger partial charge >= 0.3 is 0 Å². The van der Waals surface area contributed by atoms with E-state index in [1.165, 1.54) is 32.6 Å². The third-order valence-corrected chi connectivity index (χ3v) is 10.3. The van der Waals surface area contributed by atoms with Crippen molar-refractivity contribution in [2.75, 3.05) is 0 Å². The van der Waals surface area contributed by atoms with Gasteiger partial charge in [0.2, 0.25) is 0 Å². The van der Waals surface area contributed by atoms with Crippen LogP contribution >= 0.6 is 0 Å². The Hall–Kier alpha value is -7.44. The molecule has 0 aliphatic heterocycles. The number of nitrogens with zero attached hydrogens (tertiary/aromatic N) is 5. The Balaban J connectivity index is 1.02. The zero-order valence-corrected chi connectivity index (χ0v) is 28.9. The molecule has 0 atom stereocenters. The van der Waals surface area contributed by atoms with Gasteiger partial charge in [-0.25, -0.2) is 19.9 Å². The number of para-hydroxylation sites is 2. The van der Waals surface area contributed by atoms with Crippen LogP contribution in [0.3, 0.4) is 0 Å². The van der Waals surface area contributed by atoms with Crippen LogP contribution in [0.15, 0.2) is 180 Å². The van der Waals surface area contributed by atoms with Crippen LogP contribution in [0.1, 0.15) is 0 Å². The van der Waals surface area contributed by atoms with Crippen molar-refractivity contribution in [1.82, 2.24) is 24.5 Å². The van der Waals surface area contributed by atoms with Crippen molar-refractivity contribution in [3.05, 3.63) is 176 Å². The Morgan fingerprint density at radius 1 is 0.426 bits per heavy atom. The van der Waals surface area contributed by atoms with Crippen LogP contribution in [0, 0.1) is 0 Å². The summed E-state index contributed by atoms with van der Waals surface area (Å²) in [6.45, 7) is 0. The molecule has 11 rings (SSSR count). The molecule has 0 saturated heterocycles. The van der Waals surface area contributed by atoms with Gasteiger partial charge in [-0.15, -0.1) is 0 Å². The van der Waals surface area contributed by atoms with Gasteiger partial charge in [-0.1, -0.05) is 127 Å². The topological polar surface area (TPSA) is 69.6 Å². The lowest BCUT2D eigenvalue weighted by Crippen LogP contribution is -2.01. The summed E-state index contributed by atoms with van der Waals surface area (Å²) in [6.07, 6.45) is 1.79. The largest absolute Gasteiger partial charge is 0.454 e. The smallest absolute Gasteiger partial charge is 0.186 e. The average Bonchev–Trinajstić information content (AvgIpc) is 3.80. The first kappa shape index (κ1) is 30.2. The normalized spacial score (nSPS) is 11.7. The van der Waals surface area contributed by atoms with Crippen LogP contribution in [0.25, 0.3) is 106 Å². The fraction of sp³-hybridized carbons (Fsp3) is 0. The van der Waals surface area contributed by atoms with E-state index in [2.05, 4.69) is 114 Å². The molecule has 252 valence electrons. The zero-order valence-electron chi connectivity index (χ0n) is 28.9. The first-order valence-corrected chi connectivity index (χ1v) is 18.0. The van der Waals surface area contributed by atoms with Crippen molar-refractivity contribution in [2.24, 2.45) is 0 Å². The molecule has 4 aromatic heterocycles. The van der Waals surface area contributed by atoms with Crippen molar-refractivity contribution >= 4 is 54.5 Å². The Bertz CT molecular complexity index is 3220. The summed E-state index contributed by atoms with van der Waals surface area (Å²) in [5.74, 6) is 1.58. The van der Waals surface area contributed by atoms with Crippen molar-refractivity contribution in [3.8, 4) is 51.1 Å². The Kier molecular flexibility index (Phi) is 6.75. The standard InChI is InChI=1S/C48H29N5O/c1-2-12-32(13-3-1)46-50-47(52-48(51-46)44-45-38(27-28-49-44)37-17-7-9-20-42(37)54-45)34-15-10-14-33(29-34)30-21-24-35(25-22-30)53-40-19-8-6-18-39(40)43-36-16-5-4-11-31(36)23-26-41(43)53/h1-29H. The van der Waals surface area contributed by atoms with Crippen molar-refractivity contribution in [3.63, 3.8) is 0 Å². The maximum atomic E-state index is 6.34. The number of fused-ring (bicyclic) bond motifs is 8. The molecule has 0 fully saturated rings. The van der Waals surface area contributed by atoms with Crippen LogP contribution in [-0.2, 0) is 0 Å². The number of hydrogen-bond donors (Lipinski definition) is 0. The highest BCUT2D eigenvalue weighted by Gasteiger charge is 2.19. The molecule has 6 nitrogen and oxygen atoms in total. The van der Waals surface area contributed by atoms with E-state index in [1.54, 1.807) is 6.20 Å². The van der Waals surface area contributed by atoms with E-state index in [4.69, 9.17) is 24.4 Å². The van der Waals surface area contributed by atoms with E-state index in [9.17, 15) is 0 Å². The molecule has 6 heteroatoms. The lowest BCUT2D eigenvalue weighted by Gasteiger charge is -2.11. The molecule has 0 unspecified atom stereocenters. The van der Waals surface area contributed by atoms with Crippen molar-refractivity contribution in [1.29, 1.82) is 0 Å². The molecule has 0 aliphatic rings. The third kappa shape index (κ3) is 4.81. The SMILES string of the molecule is c1ccc(-c2nc(-c3cccc(-c4ccc(-n5c6ccccc6c6c7ccccc7ccc65)cc4)c3)nc(-c3nccc4c3oc3ccccc34)n2)cc1. The molecule has 4 heterocycles. The third-order valence-electron chi connectivity index (χ3n) is 10.3. The lowest BCUT2D eigenvalue weighted by atomic mass is 10.0. The second-order valence-electron chi connectivity index (χ2n) is 13.5. The minimum Gasteiger partial charge on any atom is -0.454 e. The fourth-order valence-corrected chi connectivity index (χ4v) is 7.80. The van der Waals surface area contributed by atoms with Gasteiger partial charge < -0.3 is 8.98 Å². The number of rotatable bonds is 5. The molecular weight excluding hydrogens is 663 g/mol. The molecule has 7 aromatic carbocycles. The molecule has 0 amide bonds. The van der Waals surface area contributed by atoms with E-state index in [0.717, 1.165) is 44.3 Å². The highest BCUT2D eigenvalue weighted by molar-refractivity contribution is 6.21. The number of pyridine rings is 1. The molecule has 0 spiro atoms. The Morgan fingerprint density at radius 3 is 1.98 bits per heavy atom. The summed E-state index contributed by atoms with van der Waals surface area (Å²) < 4.78 is 8.71. The van der Waals surface area contributed by atoms with Crippen LogP contribution in [0.2, 0.25) is 0 Å². The van der Waals surface area contributed by atoms with Gasteiger partial charge in [0.05, 0.1) is 11.0 Å². The average molecular weight is 692 g/mol. The summed E-state index contributed by atoms with van der Waals surface area (Å²) >= 11 is 0. The van der Waals surface area contributed by atoms with Gasteiger partial charge in [0, 0.05) is 44.6 Å². The maximum absolute atomic E-state index is 6.34. The molecular formula is C48H29N5O. The van der Waals surface area contributed by atoms with Crippen molar-refractivity contribution in [2.45, 2.75) is 0 Å². The molecule has 11 aromatic rings. The summed E-state index contributed by atoms with van der Waals surface area (Å²) in [7, 11) is 0. The summed E-state index contributed by atoms with van der Waals surface area (Å²) in [5, 5.41) is 7.03. The van der Waals surface area contributed by atoms with Gasteiger partial charge in [-0.2, -0.15) is 0 Å². The maximum Gasteiger partial charge on any atom is 0.186 e. The summed E-state index contributed by atoms with van der Waals surface area (Å²) in [6, 6.07) is 58.9. The lowest BCUT2D eigenvalue weighted by molar-refractivity contribution is 0.667.